The van der Waals surface area contributed by atoms with E-state index in [1.807, 2.05) is 6.07 Å². The van der Waals surface area contributed by atoms with Crippen molar-refractivity contribution < 1.29 is 9.21 Å². The van der Waals surface area contributed by atoms with E-state index in [0.717, 1.165) is 5.76 Å². The summed E-state index contributed by atoms with van der Waals surface area (Å²) >= 11 is 0. The molecule has 0 fully saturated rings. The Balaban J connectivity index is 2.41. The predicted molar refractivity (Wildman–Crippen MR) is 46.9 cm³/mol. The monoisotopic (exact) mass is 178 g/mol. The summed E-state index contributed by atoms with van der Waals surface area (Å²) in [7, 11) is 0. The molecule has 0 saturated heterocycles. The zero-order valence-corrected chi connectivity index (χ0v) is 7.33. The van der Waals surface area contributed by atoms with E-state index in [2.05, 4.69) is 5.32 Å². The minimum absolute atomic E-state index is 0.198. The van der Waals surface area contributed by atoms with Crippen LogP contribution >= 0.6 is 0 Å². The molecule has 1 amide bonds. The van der Waals surface area contributed by atoms with Crippen molar-refractivity contribution in [2.24, 2.45) is 0 Å². The maximum Gasteiger partial charge on any atom is 0.227 e. The third-order valence-electron chi connectivity index (χ3n) is 1.47. The lowest BCUT2D eigenvalue weighted by atomic mass is 10.3. The second-order valence-corrected chi connectivity index (χ2v) is 2.62. The van der Waals surface area contributed by atoms with Crippen molar-refractivity contribution in [3.8, 4) is 6.07 Å². The molecule has 1 aromatic rings. The van der Waals surface area contributed by atoms with E-state index in [-0.39, 0.29) is 18.7 Å². The van der Waals surface area contributed by atoms with Crippen LogP contribution in [0.2, 0.25) is 0 Å². The van der Waals surface area contributed by atoms with Crippen LogP contribution in [0.25, 0.3) is 0 Å². The fourth-order valence-corrected chi connectivity index (χ4v) is 0.871. The van der Waals surface area contributed by atoms with Crippen LogP contribution in [0.4, 0.5) is 5.88 Å². The second-order valence-electron chi connectivity index (χ2n) is 2.62. The Bertz CT molecular complexity index is 336. The van der Waals surface area contributed by atoms with E-state index in [9.17, 15) is 4.79 Å². The first-order valence-electron chi connectivity index (χ1n) is 3.95. The standard InChI is InChI=1S/C9H10N2O2/c1-7-4-5-9(13-7)11-8(12)3-2-6-10/h4-5H,2-3H2,1H3,(H,11,12). The van der Waals surface area contributed by atoms with Gasteiger partial charge in [0.25, 0.3) is 0 Å². The number of carbonyl (C=O) groups is 1. The van der Waals surface area contributed by atoms with Crippen LogP contribution in [0.1, 0.15) is 18.6 Å². The van der Waals surface area contributed by atoms with Crippen molar-refractivity contribution in [1.82, 2.24) is 0 Å². The molecule has 0 bridgehead atoms. The molecule has 0 radical (unpaired) electrons. The van der Waals surface area contributed by atoms with Crippen LogP contribution < -0.4 is 5.32 Å². The van der Waals surface area contributed by atoms with E-state index >= 15 is 0 Å². The van der Waals surface area contributed by atoms with Gasteiger partial charge in [0.1, 0.15) is 5.76 Å². The number of amides is 1. The van der Waals surface area contributed by atoms with Gasteiger partial charge in [0, 0.05) is 18.9 Å². The fraction of sp³-hybridized carbons (Fsp3) is 0.333. The second kappa shape index (κ2) is 4.31. The van der Waals surface area contributed by atoms with E-state index in [4.69, 9.17) is 9.68 Å². The number of carbonyl (C=O) groups excluding carboxylic acids is 1. The lowest BCUT2D eigenvalue weighted by molar-refractivity contribution is -0.116. The van der Waals surface area contributed by atoms with Crippen LogP contribution in [0.15, 0.2) is 16.5 Å². The Hall–Kier alpha value is -1.76. The molecule has 0 aromatic carbocycles. The highest BCUT2D eigenvalue weighted by Gasteiger charge is 2.03. The number of rotatable bonds is 3. The normalized spacial score (nSPS) is 9.23. The first-order valence-corrected chi connectivity index (χ1v) is 3.95. The van der Waals surface area contributed by atoms with E-state index in [1.54, 1.807) is 19.1 Å². The van der Waals surface area contributed by atoms with Gasteiger partial charge in [-0.15, -0.1) is 0 Å². The van der Waals surface area contributed by atoms with Crippen molar-refractivity contribution in [3.63, 3.8) is 0 Å². The first-order chi connectivity index (χ1) is 6.22. The zero-order chi connectivity index (χ0) is 9.68. The van der Waals surface area contributed by atoms with Crippen molar-refractivity contribution in [3.05, 3.63) is 17.9 Å². The molecule has 0 aliphatic carbocycles. The lowest BCUT2D eigenvalue weighted by Gasteiger charge is -1.97. The fourth-order valence-electron chi connectivity index (χ4n) is 0.871. The van der Waals surface area contributed by atoms with Gasteiger partial charge in [-0.25, -0.2) is 0 Å². The van der Waals surface area contributed by atoms with Gasteiger partial charge in [0.05, 0.1) is 6.07 Å². The molecule has 1 rings (SSSR count). The van der Waals surface area contributed by atoms with Gasteiger partial charge in [0.2, 0.25) is 5.91 Å². The molecular weight excluding hydrogens is 168 g/mol. The van der Waals surface area contributed by atoms with Crippen LogP contribution in [0.5, 0.6) is 0 Å². The molecule has 1 heterocycles. The molecule has 0 aliphatic heterocycles. The van der Waals surface area contributed by atoms with Crippen molar-refractivity contribution in [2.75, 3.05) is 5.32 Å². The van der Waals surface area contributed by atoms with Crippen LogP contribution in [-0.4, -0.2) is 5.91 Å². The summed E-state index contributed by atoms with van der Waals surface area (Å²) in [6.07, 6.45) is 0.432. The molecular formula is C9H10N2O2. The maximum atomic E-state index is 11.1. The molecule has 68 valence electrons. The maximum absolute atomic E-state index is 11.1. The molecule has 0 atom stereocenters. The molecule has 1 aromatic heterocycles. The summed E-state index contributed by atoms with van der Waals surface area (Å²) in [5, 5.41) is 10.8. The smallest absolute Gasteiger partial charge is 0.227 e. The molecule has 13 heavy (non-hydrogen) atoms. The highest BCUT2D eigenvalue weighted by Crippen LogP contribution is 2.11. The number of nitrogens with one attached hydrogen (secondary N) is 1. The molecule has 0 aliphatic rings. The van der Waals surface area contributed by atoms with Crippen LogP contribution in [0.3, 0.4) is 0 Å². The quantitative estimate of drug-likeness (QED) is 0.767. The summed E-state index contributed by atoms with van der Waals surface area (Å²) in [6, 6.07) is 5.34. The topological polar surface area (TPSA) is 66.0 Å². The number of hydrogen-bond donors (Lipinski definition) is 1. The number of nitrogens with zero attached hydrogens (tertiary/aromatic N) is 1. The molecule has 0 unspecified atom stereocenters. The van der Waals surface area contributed by atoms with Gasteiger partial charge in [-0.3, -0.25) is 10.1 Å². The summed E-state index contributed by atoms with van der Waals surface area (Å²) in [5.74, 6) is 0.979. The predicted octanol–water partition coefficient (Wildman–Crippen LogP) is 1.83. The Morgan fingerprint density at radius 2 is 2.46 bits per heavy atom. The number of furan rings is 1. The van der Waals surface area contributed by atoms with Crippen LogP contribution in [-0.2, 0) is 4.79 Å². The summed E-state index contributed by atoms with van der Waals surface area (Å²) in [6.45, 7) is 1.80. The molecule has 4 heteroatoms. The summed E-state index contributed by atoms with van der Waals surface area (Å²) < 4.78 is 5.12. The van der Waals surface area contributed by atoms with Crippen molar-refractivity contribution >= 4 is 11.8 Å². The zero-order valence-electron chi connectivity index (χ0n) is 7.33. The van der Waals surface area contributed by atoms with Gasteiger partial charge in [0.15, 0.2) is 5.88 Å². The first kappa shape index (κ1) is 9.33. The highest BCUT2D eigenvalue weighted by molar-refractivity contribution is 5.89. The van der Waals surface area contributed by atoms with Gasteiger partial charge in [-0.2, -0.15) is 5.26 Å². The SMILES string of the molecule is Cc1ccc(NC(=O)CCC#N)o1. The molecule has 0 spiro atoms. The average Bonchev–Trinajstić information content (AvgIpc) is 2.48. The molecule has 4 nitrogen and oxygen atoms in total. The van der Waals surface area contributed by atoms with Gasteiger partial charge in [-0.1, -0.05) is 0 Å². The number of nitriles is 1. The van der Waals surface area contributed by atoms with E-state index in [1.165, 1.54) is 0 Å². The Morgan fingerprint density at radius 3 is 3.00 bits per heavy atom. The number of aryl methyl sites for hydroxylation is 1. The lowest BCUT2D eigenvalue weighted by Crippen LogP contribution is -2.09. The average molecular weight is 178 g/mol. The summed E-state index contributed by atoms with van der Waals surface area (Å²) in [4.78, 5) is 11.1. The minimum Gasteiger partial charge on any atom is -0.446 e. The third-order valence-corrected chi connectivity index (χ3v) is 1.47. The van der Waals surface area contributed by atoms with Crippen molar-refractivity contribution in [2.45, 2.75) is 19.8 Å². The molecule has 1 N–H and O–H groups in total. The van der Waals surface area contributed by atoms with Crippen molar-refractivity contribution in [1.29, 1.82) is 5.26 Å². The van der Waals surface area contributed by atoms with Gasteiger partial charge in [-0.05, 0) is 13.0 Å². The number of anilines is 1. The third kappa shape index (κ3) is 2.99. The van der Waals surface area contributed by atoms with Gasteiger partial charge >= 0.3 is 0 Å². The number of hydrogen-bond acceptors (Lipinski definition) is 3. The Kier molecular flexibility index (Phi) is 3.09. The summed E-state index contributed by atoms with van der Waals surface area (Å²) in [5.41, 5.74) is 0. The molecule has 0 saturated carbocycles. The van der Waals surface area contributed by atoms with Gasteiger partial charge < -0.3 is 4.42 Å². The largest absolute Gasteiger partial charge is 0.446 e. The Morgan fingerprint density at radius 1 is 1.69 bits per heavy atom. The minimum atomic E-state index is -0.198. The van der Waals surface area contributed by atoms with Crippen LogP contribution in [0, 0.1) is 18.3 Å². The Labute approximate surface area is 76.2 Å². The van der Waals surface area contributed by atoms with E-state index in [0.29, 0.717) is 5.88 Å². The van der Waals surface area contributed by atoms with E-state index < -0.39 is 0 Å². The highest BCUT2D eigenvalue weighted by atomic mass is 16.4.